The lowest BCUT2D eigenvalue weighted by molar-refractivity contribution is -0.00949. The molecule has 29 heavy (non-hydrogen) atoms. The van der Waals surface area contributed by atoms with Gasteiger partial charge in [0.1, 0.15) is 11.8 Å². The van der Waals surface area contributed by atoms with Gasteiger partial charge in [0, 0.05) is 51.1 Å². The molecule has 2 aromatic rings. The van der Waals surface area contributed by atoms with Gasteiger partial charge in [-0.25, -0.2) is 9.78 Å². The second-order valence-corrected chi connectivity index (χ2v) is 8.25. The van der Waals surface area contributed by atoms with Gasteiger partial charge in [-0.3, -0.25) is 4.79 Å². The summed E-state index contributed by atoms with van der Waals surface area (Å²) in [6.45, 7) is 3.57. The summed E-state index contributed by atoms with van der Waals surface area (Å²) < 4.78 is 12.8. The molecule has 154 valence electrons. The highest BCUT2D eigenvalue weighted by Gasteiger charge is 2.56. The highest BCUT2D eigenvalue weighted by molar-refractivity contribution is 5.94. The van der Waals surface area contributed by atoms with E-state index >= 15 is 0 Å². The van der Waals surface area contributed by atoms with Crippen molar-refractivity contribution in [3.63, 3.8) is 0 Å². The van der Waals surface area contributed by atoms with Crippen LogP contribution in [0.25, 0.3) is 5.65 Å². The van der Waals surface area contributed by atoms with E-state index in [1.165, 1.54) is 0 Å². The molecule has 3 atom stereocenters. The normalized spacial score (nSPS) is 26.3. The average Bonchev–Trinajstić information content (AvgIpc) is 3.11. The van der Waals surface area contributed by atoms with Gasteiger partial charge < -0.3 is 24.1 Å². The van der Waals surface area contributed by atoms with Gasteiger partial charge in [-0.2, -0.15) is 0 Å². The highest BCUT2D eigenvalue weighted by Crippen LogP contribution is 2.53. The molecule has 3 aliphatic rings. The minimum absolute atomic E-state index is 0.000675. The fourth-order valence-corrected chi connectivity index (χ4v) is 4.75. The van der Waals surface area contributed by atoms with Gasteiger partial charge in [-0.1, -0.05) is 0 Å². The Labute approximate surface area is 169 Å². The van der Waals surface area contributed by atoms with E-state index in [1.54, 1.807) is 18.5 Å². The fraction of sp³-hybridized carbons (Fsp3) is 0.571. The summed E-state index contributed by atoms with van der Waals surface area (Å²) in [6, 6.07) is 3.64. The minimum atomic E-state index is -0.175. The molecule has 4 heterocycles. The molecule has 1 N–H and O–H groups in total. The Morgan fingerprint density at radius 3 is 2.79 bits per heavy atom. The number of nitrogens with one attached hydrogen (secondary N) is 1. The van der Waals surface area contributed by atoms with Crippen LogP contribution in [0.15, 0.2) is 30.7 Å². The lowest BCUT2D eigenvalue weighted by Gasteiger charge is -2.26. The predicted octanol–water partition coefficient (Wildman–Crippen LogP) is 1.95. The van der Waals surface area contributed by atoms with E-state index in [9.17, 15) is 9.59 Å². The van der Waals surface area contributed by atoms with E-state index in [1.807, 2.05) is 21.6 Å². The predicted molar refractivity (Wildman–Crippen MR) is 105 cm³/mol. The number of hydrogen-bond donors (Lipinski definition) is 1. The minimum Gasteiger partial charge on any atom is -0.446 e. The number of ether oxygens (including phenoxy) is 2. The van der Waals surface area contributed by atoms with E-state index in [-0.39, 0.29) is 18.1 Å². The van der Waals surface area contributed by atoms with Crippen molar-refractivity contribution in [3.8, 4) is 0 Å². The molecule has 2 aliphatic heterocycles. The van der Waals surface area contributed by atoms with Crippen molar-refractivity contribution in [2.45, 2.75) is 25.4 Å². The molecule has 2 saturated heterocycles. The summed E-state index contributed by atoms with van der Waals surface area (Å²) >= 11 is 0. The van der Waals surface area contributed by atoms with Crippen LogP contribution in [0.5, 0.6) is 0 Å². The van der Waals surface area contributed by atoms with Crippen molar-refractivity contribution >= 4 is 17.6 Å². The van der Waals surface area contributed by atoms with Crippen LogP contribution in [0, 0.1) is 17.8 Å². The maximum absolute atomic E-state index is 12.4. The van der Waals surface area contributed by atoms with Crippen LogP contribution < -0.4 is 5.32 Å². The topological polar surface area (TPSA) is 85.2 Å². The van der Waals surface area contributed by atoms with Gasteiger partial charge >= 0.3 is 6.09 Å². The number of piperidine rings is 1. The van der Waals surface area contributed by atoms with Crippen LogP contribution in [0.3, 0.4) is 0 Å². The van der Waals surface area contributed by atoms with Crippen molar-refractivity contribution in [1.82, 2.24) is 19.6 Å². The van der Waals surface area contributed by atoms with Gasteiger partial charge in [-0.15, -0.1) is 0 Å². The van der Waals surface area contributed by atoms with Gasteiger partial charge in [0.05, 0.1) is 18.8 Å². The molecule has 1 aliphatic carbocycles. The van der Waals surface area contributed by atoms with E-state index in [4.69, 9.17) is 9.47 Å². The van der Waals surface area contributed by atoms with E-state index in [2.05, 4.69) is 10.3 Å². The molecule has 8 heteroatoms. The number of carbonyl (C=O) groups is 2. The zero-order chi connectivity index (χ0) is 19.8. The number of imidazole rings is 1. The summed E-state index contributed by atoms with van der Waals surface area (Å²) in [7, 11) is 0. The second kappa shape index (κ2) is 7.67. The smallest absolute Gasteiger partial charge is 0.410 e. The fourth-order valence-electron chi connectivity index (χ4n) is 4.75. The summed E-state index contributed by atoms with van der Waals surface area (Å²) in [5, 5.41) is 3.01. The maximum Gasteiger partial charge on any atom is 0.410 e. The van der Waals surface area contributed by atoms with Crippen LogP contribution >= 0.6 is 0 Å². The summed E-state index contributed by atoms with van der Waals surface area (Å²) in [4.78, 5) is 30.7. The molecule has 2 aromatic heterocycles. The lowest BCUT2D eigenvalue weighted by Crippen LogP contribution is -2.36. The Bertz CT molecular complexity index is 895. The first-order chi connectivity index (χ1) is 14.2. The van der Waals surface area contributed by atoms with E-state index < -0.39 is 0 Å². The van der Waals surface area contributed by atoms with Crippen LogP contribution in [-0.2, 0) is 9.47 Å². The number of hydrogen-bond acceptors (Lipinski definition) is 5. The Balaban J connectivity index is 1.03. The third-order valence-electron chi connectivity index (χ3n) is 6.48. The van der Waals surface area contributed by atoms with Crippen LogP contribution in [0.1, 0.15) is 29.6 Å². The van der Waals surface area contributed by atoms with Crippen molar-refractivity contribution in [3.05, 3.63) is 36.3 Å². The maximum atomic E-state index is 12.4. The average molecular weight is 398 g/mol. The molecule has 1 saturated carbocycles. The number of nitrogens with zero attached hydrogens (tertiary/aromatic N) is 3. The largest absolute Gasteiger partial charge is 0.446 e. The van der Waals surface area contributed by atoms with Gasteiger partial charge in [-0.05, 0) is 36.3 Å². The molecule has 2 amide bonds. The number of carbonyl (C=O) groups excluding carboxylic acids is 2. The van der Waals surface area contributed by atoms with E-state index in [0.29, 0.717) is 43.1 Å². The van der Waals surface area contributed by atoms with Crippen LogP contribution in [-0.4, -0.2) is 65.2 Å². The van der Waals surface area contributed by atoms with Crippen molar-refractivity contribution in [2.24, 2.45) is 17.8 Å². The zero-order valence-electron chi connectivity index (χ0n) is 16.3. The first kappa shape index (κ1) is 18.4. The molecular formula is C21H26N4O4. The van der Waals surface area contributed by atoms with Crippen LogP contribution in [0.2, 0.25) is 0 Å². The summed E-state index contributed by atoms with van der Waals surface area (Å²) in [6.07, 6.45) is 7.71. The molecule has 5 rings (SSSR count). The van der Waals surface area contributed by atoms with Crippen LogP contribution in [0.4, 0.5) is 4.79 Å². The van der Waals surface area contributed by atoms with Crippen molar-refractivity contribution < 1.29 is 19.1 Å². The number of pyridine rings is 1. The Kier molecular flexibility index (Phi) is 4.87. The molecular weight excluding hydrogens is 372 g/mol. The Hall–Kier alpha value is -2.61. The molecule has 0 bridgehead atoms. The molecule has 8 nitrogen and oxygen atoms in total. The molecule has 0 aromatic carbocycles. The standard InChI is InChI=1S/C21H26N4O4/c26-20(14-1-2-19-22-7-8-24(19)11-14)23-6-3-16-17-12-25(13-18(16)17)21(27)29-15-4-9-28-10-5-15/h1-2,7-8,11,15-18H,3-6,9-10,12-13H2,(H,23,26)/t16-,17-,18+. The number of likely N-dealkylation sites (tertiary alicyclic amines) is 1. The van der Waals surface area contributed by atoms with Gasteiger partial charge in [0.15, 0.2) is 0 Å². The molecule has 0 radical (unpaired) electrons. The number of amides is 2. The molecule has 0 spiro atoms. The number of aromatic nitrogens is 2. The Morgan fingerprint density at radius 2 is 2.00 bits per heavy atom. The van der Waals surface area contributed by atoms with Gasteiger partial charge in [0.2, 0.25) is 0 Å². The monoisotopic (exact) mass is 398 g/mol. The summed E-state index contributed by atoms with van der Waals surface area (Å²) in [5.41, 5.74) is 1.46. The number of fused-ring (bicyclic) bond motifs is 2. The van der Waals surface area contributed by atoms with Crippen molar-refractivity contribution in [2.75, 3.05) is 32.8 Å². The van der Waals surface area contributed by atoms with E-state index in [0.717, 1.165) is 38.0 Å². The SMILES string of the molecule is O=C(NCC[C@@H]1[C@H]2CN(C(=O)OC3CCOCC3)C[C@@H]12)c1ccc2nccn2c1. The third kappa shape index (κ3) is 3.81. The first-order valence-electron chi connectivity index (χ1n) is 10.4. The molecule has 0 unspecified atom stereocenters. The molecule has 3 fully saturated rings. The quantitative estimate of drug-likeness (QED) is 0.832. The van der Waals surface area contributed by atoms with Crippen molar-refractivity contribution in [1.29, 1.82) is 0 Å². The third-order valence-corrected chi connectivity index (χ3v) is 6.48. The second-order valence-electron chi connectivity index (χ2n) is 8.25. The number of rotatable bonds is 5. The zero-order valence-corrected chi connectivity index (χ0v) is 16.3. The first-order valence-corrected chi connectivity index (χ1v) is 10.4. The summed E-state index contributed by atoms with van der Waals surface area (Å²) in [5.74, 6) is 1.64. The highest BCUT2D eigenvalue weighted by atomic mass is 16.6. The lowest BCUT2D eigenvalue weighted by atomic mass is 10.1. The Morgan fingerprint density at radius 1 is 1.21 bits per heavy atom. The van der Waals surface area contributed by atoms with Gasteiger partial charge in [0.25, 0.3) is 5.91 Å².